The van der Waals surface area contributed by atoms with E-state index >= 15 is 8.78 Å². The van der Waals surface area contributed by atoms with Gasteiger partial charge in [-0.05, 0) is 109 Å². The van der Waals surface area contributed by atoms with Crippen molar-refractivity contribution in [2.75, 3.05) is 32.8 Å². The van der Waals surface area contributed by atoms with Crippen molar-refractivity contribution >= 4 is 44.9 Å². The van der Waals surface area contributed by atoms with E-state index in [2.05, 4.69) is 25.6 Å². The van der Waals surface area contributed by atoms with E-state index in [0.29, 0.717) is 69.2 Å². The number of ether oxygens (including phenoxy) is 2. The van der Waals surface area contributed by atoms with Crippen LogP contribution in [0.15, 0.2) is 60.8 Å². The van der Waals surface area contributed by atoms with Crippen LogP contribution in [0.25, 0.3) is 44.5 Å². The highest BCUT2D eigenvalue weighted by Crippen LogP contribution is 2.59. The molecule has 16 nitrogen and oxygen atoms in total. The van der Waals surface area contributed by atoms with Crippen LogP contribution in [0.5, 0.6) is 0 Å². The fourth-order valence-corrected chi connectivity index (χ4v) is 11.8. The lowest BCUT2D eigenvalue weighted by Crippen LogP contribution is -2.52. The maximum Gasteiger partial charge on any atom is 0.407 e. The number of carbonyl (C=O) groups excluding carboxylic acids is 4. The molecule has 2 bridgehead atoms. The van der Waals surface area contributed by atoms with E-state index in [0.717, 1.165) is 38.4 Å². The standard InChI is InChI=1S/C49H54F2N8O8S/c1-25(2)40(57-47(63)67-4)45(61)58-24-48(15-16-48)22-39(58)42-52-23-38(55-42)28-8-12-32-31-11-7-26(19-33(31)49(50,51)34(32)20-28)27-9-13-35-37(21-27)54-43(53-35)41-29-6-10-30(18-29)59(41)44(60)36(56-46(62)66-3)14-17-68(5,64)65/h7-9,11-13,19-21,23,25,29-30,36,39-41H,6,10,14-18,22,24H2,1-5H3,(H,52,55)(H,53,54)(H,56,62)(H,57,63). The first kappa shape index (κ1) is 45.4. The summed E-state index contributed by atoms with van der Waals surface area (Å²) in [4.78, 5) is 72.4. The maximum absolute atomic E-state index is 16.7. The van der Waals surface area contributed by atoms with E-state index in [1.165, 1.54) is 26.4 Å². The zero-order valence-corrected chi connectivity index (χ0v) is 39.2. The molecule has 10 rings (SSSR count). The van der Waals surface area contributed by atoms with E-state index in [1.54, 1.807) is 34.2 Å². The third kappa shape index (κ3) is 8.04. The lowest BCUT2D eigenvalue weighted by molar-refractivity contribution is -0.138. The molecular formula is C49H54F2N8O8S. The van der Waals surface area contributed by atoms with Crippen molar-refractivity contribution in [3.63, 3.8) is 0 Å². The number of nitrogens with one attached hydrogen (secondary N) is 4. The summed E-state index contributed by atoms with van der Waals surface area (Å²) in [6, 6.07) is 12.8. The molecule has 2 aliphatic heterocycles. The minimum Gasteiger partial charge on any atom is -0.453 e. The van der Waals surface area contributed by atoms with Crippen LogP contribution in [0.2, 0.25) is 0 Å². The molecule has 2 saturated heterocycles. The highest BCUT2D eigenvalue weighted by Gasteiger charge is 2.56. The Morgan fingerprint density at radius 2 is 1.53 bits per heavy atom. The molecule has 1 spiro atoms. The van der Waals surface area contributed by atoms with Crippen molar-refractivity contribution in [2.45, 2.75) is 94.9 Å². The van der Waals surface area contributed by atoms with Crippen molar-refractivity contribution in [1.29, 1.82) is 0 Å². The highest BCUT2D eigenvalue weighted by atomic mass is 32.2. The van der Waals surface area contributed by atoms with E-state index < -0.39 is 52.0 Å². The fourth-order valence-electron chi connectivity index (χ4n) is 11.1. The van der Waals surface area contributed by atoms with E-state index in [4.69, 9.17) is 14.5 Å². The number of nitrogens with zero attached hydrogens (tertiary/aromatic N) is 4. The van der Waals surface area contributed by atoms with Crippen molar-refractivity contribution in [1.82, 2.24) is 40.4 Å². The van der Waals surface area contributed by atoms with Crippen LogP contribution in [0.3, 0.4) is 0 Å². The van der Waals surface area contributed by atoms with Crippen LogP contribution in [-0.2, 0) is 34.8 Å². The number of piperidine rings is 1. The second-order valence-corrected chi connectivity index (χ2v) is 22.0. The van der Waals surface area contributed by atoms with Crippen molar-refractivity contribution in [3.05, 3.63) is 83.6 Å². The molecule has 19 heteroatoms. The molecule has 68 heavy (non-hydrogen) atoms. The minimum absolute atomic E-state index is 0.00556. The lowest BCUT2D eigenvalue weighted by Gasteiger charge is -2.36. The van der Waals surface area contributed by atoms with Gasteiger partial charge in [-0.15, -0.1) is 0 Å². The number of methoxy groups -OCH3 is 2. The number of halogens is 2. The molecule has 4 fully saturated rings. The summed E-state index contributed by atoms with van der Waals surface area (Å²) in [7, 11) is -1.00. The normalized spacial score (nSPS) is 22.6. The SMILES string of the molecule is COC(=O)NC(CCS(C)(=O)=O)C(=O)N1C2CCC(C2)C1c1nc2ccc(-c3ccc4c(c3)C(F)(F)c3cc(-c5cnc(C6CC7(CC7)CN6C(=O)C(NC(=O)OC)C(C)C)[nH]5)ccc3-4)cc2[nH]1. The van der Waals surface area contributed by atoms with Gasteiger partial charge in [0.25, 0.3) is 5.92 Å². The van der Waals surface area contributed by atoms with E-state index in [-0.39, 0.29) is 58.5 Å². The number of likely N-dealkylation sites (tertiary alicyclic amines) is 2. The van der Waals surface area contributed by atoms with Gasteiger partial charge in [-0.25, -0.2) is 28.0 Å². The Morgan fingerprint density at radius 1 is 0.868 bits per heavy atom. The van der Waals surface area contributed by atoms with Crippen LogP contribution in [0.1, 0.15) is 93.7 Å². The number of alkyl carbamates (subject to hydrolysis) is 2. The maximum atomic E-state index is 16.7. The Kier molecular flexibility index (Phi) is 11.2. The summed E-state index contributed by atoms with van der Waals surface area (Å²) >= 11 is 0. The number of alkyl halides is 2. The molecule has 4 N–H and O–H groups in total. The van der Waals surface area contributed by atoms with Gasteiger partial charge in [0.15, 0.2) is 0 Å². The number of hydrogen-bond acceptors (Lipinski definition) is 10. The van der Waals surface area contributed by atoms with E-state index in [1.807, 2.05) is 38.1 Å². The molecule has 5 aliphatic rings. The Labute approximate surface area is 391 Å². The average Bonchev–Trinajstić information content (AvgIpc) is 3.97. The number of carbonyl (C=O) groups is 4. The lowest BCUT2D eigenvalue weighted by atomic mass is 9.97. The number of H-pyrrole nitrogens is 2. The molecular weight excluding hydrogens is 899 g/mol. The molecule has 4 heterocycles. The van der Waals surface area contributed by atoms with Gasteiger partial charge in [0.2, 0.25) is 11.8 Å². The summed E-state index contributed by atoms with van der Waals surface area (Å²) in [5.74, 6) is -3.23. The number of amides is 4. The van der Waals surface area contributed by atoms with Gasteiger partial charge in [0.1, 0.15) is 33.6 Å². The number of hydrogen-bond donors (Lipinski definition) is 4. The number of aromatic amines is 2. The minimum atomic E-state index is -3.43. The van der Waals surface area contributed by atoms with Gasteiger partial charge in [0, 0.05) is 35.5 Å². The number of imidazole rings is 2. The molecule has 5 aromatic rings. The second kappa shape index (κ2) is 16.7. The molecule has 3 aromatic carbocycles. The van der Waals surface area contributed by atoms with Gasteiger partial charge >= 0.3 is 12.2 Å². The number of fused-ring (bicyclic) bond motifs is 6. The quantitative estimate of drug-likeness (QED) is 0.0975. The monoisotopic (exact) mass is 952 g/mol. The molecule has 2 saturated carbocycles. The molecule has 2 aromatic heterocycles. The largest absolute Gasteiger partial charge is 0.453 e. The van der Waals surface area contributed by atoms with Gasteiger partial charge in [-0.2, -0.15) is 8.78 Å². The Balaban J connectivity index is 0.890. The van der Waals surface area contributed by atoms with Crippen molar-refractivity contribution < 1.29 is 45.9 Å². The highest BCUT2D eigenvalue weighted by molar-refractivity contribution is 7.90. The molecule has 4 amide bonds. The van der Waals surface area contributed by atoms with Crippen LogP contribution < -0.4 is 10.6 Å². The zero-order chi connectivity index (χ0) is 48.0. The molecule has 0 radical (unpaired) electrons. The summed E-state index contributed by atoms with van der Waals surface area (Å²) in [5, 5.41) is 5.23. The van der Waals surface area contributed by atoms with Crippen LogP contribution in [0.4, 0.5) is 18.4 Å². The topological polar surface area (TPSA) is 209 Å². The summed E-state index contributed by atoms with van der Waals surface area (Å²) in [5.41, 5.74) is 4.24. The van der Waals surface area contributed by atoms with Gasteiger partial charge < -0.3 is 39.9 Å². The molecule has 6 atom stereocenters. The van der Waals surface area contributed by atoms with Crippen LogP contribution in [0, 0.1) is 17.3 Å². The number of sulfone groups is 1. The first-order valence-electron chi connectivity index (χ1n) is 23.1. The molecule has 6 unspecified atom stereocenters. The van der Waals surface area contributed by atoms with Crippen LogP contribution in [-0.4, -0.2) is 113 Å². The Morgan fingerprint density at radius 3 is 2.21 bits per heavy atom. The smallest absolute Gasteiger partial charge is 0.407 e. The first-order chi connectivity index (χ1) is 32.4. The van der Waals surface area contributed by atoms with Crippen molar-refractivity contribution in [3.8, 4) is 33.5 Å². The number of benzene rings is 3. The van der Waals surface area contributed by atoms with Crippen molar-refractivity contribution in [2.24, 2.45) is 17.3 Å². The summed E-state index contributed by atoms with van der Waals surface area (Å²) < 4.78 is 67.1. The van der Waals surface area contributed by atoms with E-state index in [9.17, 15) is 27.6 Å². The Bertz CT molecular complexity index is 2990. The molecule has 358 valence electrons. The third-order valence-corrected chi connectivity index (χ3v) is 15.9. The Hall–Kier alpha value is -6.37. The third-order valence-electron chi connectivity index (χ3n) is 14.9. The number of rotatable bonds is 12. The van der Waals surface area contributed by atoms with Crippen LogP contribution >= 0.6 is 0 Å². The predicted molar refractivity (Wildman–Crippen MR) is 247 cm³/mol. The molecule has 3 aliphatic carbocycles. The summed E-state index contributed by atoms with van der Waals surface area (Å²) in [6.07, 6.45) is 6.13. The van der Waals surface area contributed by atoms with Gasteiger partial charge in [0.05, 0.1) is 55.0 Å². The second-order valence-electron chi connectivity index (χ2n) is 19.7. The summed E-state index contributed by atoms with van der Waals surface area (Å²) in [6.45, 7) is 4.27. The first-order valence-corrected chi connectivity index (χ1v) is 25.1. The number of aromatic nitrogens is 4. The van der Waals surface area contributed by atoms with Gasteiger partial charge in [-0.1, -0.05) is 44.2 Å². The predicted octanol–water partition coefficient (Wildman–Crippen LogP) is 7.39. The van der Waals surface area contributed by atoms with Gasteiger partial charge in [-0.3, -0.25) is 9.59 Å². The fraction of sp³-hybridized carbons (Fsp3) is 0.469. The average molecular weight is 953 g/mol. The zero-order valence-electron chi connectivity index (χ0n) is 38.4.